The Bertz CT molecular complexity index is 608. The average molecular weight is 306 g/mol. The van der Waals surface area contributed by atoms with Gasteiger partial charge in [-0.1, -0.05) is 29.8 Å². The summed E-state index contributed by atoms with van der Waals surface area (Å²) in [6.07, 6.45) is 2.53. The van der Waals surface area contributed by atoms with Crippen molar-refractivity contribution in [1.82, 2.24) is 5.32 Å². The summed E-state index contributed by atoms with van der Waals surface area (Å²) in [5, 5.41) is 3.85. The van der Waals surface area contributed by atoms with Crippen LogP contribution in [0.15, 0.2) is 42.5 Å². The van der Waals surface area contributed by atoms with Crippen LogP contribution in [-0.4, -0.2) is 6.04 Å². The smallest absolute Gasteiger partial charge is 0.131 e. The molecule has 0 aliphatic heterocycles. The summed E-state index contributed by atoms with van der Waals surface area (Å²) >= 11 is 5.99. The molecule has 110 valence electrons. The summed E-state index contributed by atoms with van der Waals surface area (Å²) in [7, 11) is 0. The van der Waals surface area contributed by atoms with Crippen LogP contribution >= 0.6 is 11.6 Å². The van der Waals surface area contributed by atoms with E-state index in [2.05, 4.69) is 11.4 Å². The Balaban J connectivity index is 1.63. The zero-order valence-corrected chi connectivity index (χ0v) is 12.4. The highest BCUT2D eigenvalue weighted by molar-refractivity contribution is 6.31. The van der Waals surface area contributed by atoms with Crippen LogP contribution in [0.3, 0.4) is 0 Å². The molecule has 0 atom stereocenters. The molecule has 1 aliphatic rings. The van der Waals surface area contributed by atoms with Gasteiger partial charge in [0.05, 0.1) is 5.02 Å². The van der Waals surface area contributed by atoms with E-state index < -0.39 is 0 Å². The normalized spacial score (nSPS) is 14.2. The second-order valence-electron chi connectivity index (χ2n) is 5.29. The van der Waals surface area contributed by atoms with Crippen molar-refractivity contribution in [2.45, 2.75) is 32.0 Å². The van der Waals surface area contributed by atoms with Gasteiger partial charge in [-0.3, -0.25) is 0 Å². The Morgan fingerprint density at radius 1 is 1.19 bits per heavy atom. The van der Waals surface area contributed by atoms with E-state index in [1.54, 1.807) is 12.1 Å². The highest BCUT2D eigenvalue weighted by atomic mass is 35.5. The van der Waals surface area contributed by atoms with Gasteiger partial charge >= 0.3 is 0 Å². The highest BCUT2D eigenvalue weighted by Gasteiger charge is 2.19. The fraction of sp³-hybridized carbons (Fsp3) is 0.294. The summed E-state index contributed by atoms with van der Waals surface area (Å²) in [4.78, 5) is 0. The maximum atomic E-state index is 13.7. The van der Waals surface area contributed by atoms with Crippen molar-refractivity contribution < 1.29 is 9.13 Å². The van der Waals surface area contributed by atoms with Gasteiger partial charge in [0.2, 0.25) is 0 Å². The van der Waals surface area contributed by atoms with Crippen LogP contribution in [0, 0.1) is 5.82 Å². The molecule has 0 aromatic heterocycles. The Kier molecular flexibility index (Phi) is 4.42. The van der Waals surface area contributed by atoms with E-state index in [0.717, 1.165) is 12.3 Å². The predicted octanol–water partition coefficient (Wildman–Crippen LogP) is 4.31. The first-order valence-corrected chi connectivity index (χ1v) is 7.48. The van der Waals surface area contributed by atoms with Gasteiger partial charge in [-0.2, -0.15) is 0 Å². The minimum Gasteiger partial charge on any atom is -0.489 e. The molecule has 0 spiro atoms. The van der Waals surface area contributed by atoms with Gasteiger partial charge in [0.15, 0.2) is 0 Å². The number of halogens is 2. The van der Waals surface area contributed by atoms with Crippen LogP contribution in [0.2, 0.25) is 5.02 Å². The van der Waals surface area contributed by atoms with Crippen LogP contribution < -0.4 is 10.1 Å². The third kappa shape index (κ3) is 3.96. The molecule has 3 rings (SSSR count). The Labute approximate surface area is 128 Å². The van der Waals surface area contributed by atoms with Crippen molar-refractivity contribution >= 4 is 11.6 Å². The standard InChI is InChI=1S/C17H17ClFNO/c18-16-5-2-6-17(19)15(16)11-21-14-4-1-3-12(9-14)10-20-13-7-8-13/h1-6,9,13,20H,7-8,10-11H2. The molecule has 0 bridgehead atoms. The molecule has 0 unspecified atom stereocenters. The first-order chi connectivity index (χ1) is 10.2. The maximum absolute atomic E-state index is 13.7. The molecular formula is C17H17ClFNO. The van der Waals surface area contributed by atoms with Crippen molar-refractivity contribution in [2.75, 3.05) is 0 Å². The fourth-order valence-electron chi connectivity index (χ4n) is 2.12. The number of ether oxygens (including phenoxy) is 1. The minimum atomic E-state index is -0.339. The largest absolute Gasteiger partial charge is 0.489 e. The molecular weight excluding hydrogens is 289 g/mol. The molecule has 1 N–H and O–H groups in total. The summed E-state index contributed by atoms with van der Waals surface area (Å²) in [6.45, 7) is 0.966. The first-order valence-electron chi connectivity index (χ1n) is 7.10. The molecule has 0 heterocycles. The topological polar surface area (TPSA) is 21.3 Å². The monoisotopic (exact) mass is 305 g/mol. The van der Waals surface area contributed by atoms with E-state index in [0.29, 0.717) is 16.6 Å². The Morgan fingerprint density at radius 2 is 2.00 bits per heavy atom. The van der Waals surface area contributed by atoms with E-state index in [1.807, 2.05) is 18.2 Å². The number of hydrogen-bond acceptors (Lipinski definition) is 2. The number of benzene rings is 2. The van der Waals surface area contributed by atoms with E-state index in [1.165, 1.54) is 24.5 Å². The van der Waals surface area contributed by atoms with Gasteiger partial charge in [-0.05, 0) is 42.7 Å². The molecule has 2 aromatic rings. The van der Waals surface area contributed by atoms with E-state index >= 15 is 0 Å². The summed E-state index contributed by atoms with van der Waals surface area (Å²) in [5.74, 6) is 0.387. The second-order valence-corrected chi connectivity index (χ2v) is 5.70. The maximum Gasteiger partial charge on any atom is 0.131 e. The van der Waals surface area contributed by atoms with E-state index in [4.69, 9.17) is 16.3 Å². The molecule has 21 heavy (non-hydrogen) atoms. The molecule has 1 fully saturated rings. The SMILES string of the molecule is Fc1cccc(Cl)c1COc1cccc(CNC2CC2)c1. The summed E-state index contributed by atoms with van der Waals surface area (Å²) in [5.41, 5.74) is 1.56. The molecule has 1 aliphatic carbocycles. The third-order valence-corrected chi connectivity index (χ3v) is 3.87. The lowest BCUT2D eigenvalue weighted by atomic mass is 10.2. The molecule has 2 aromatic carbocycles. The average Bonchev–Trinajstić information content (AvgIpc) is 3.29. The molecule has 4 heteroatoms. The van der Waals surface area contributed by atoms with Gasteiger partial charge in [0.25, 0.3) is 0 Å². The molecule has 0 saturated heterocycles. The van der Waals surface area contributed by atoms with Gasteiger partial charge in [-0.25, -0.2) is 4.39 Å². The quantitative estimate of drug-likeness (QED) is 0.858. The lowest BCUT2D eigenvalue weighted by molar-refractivity contribution is 0.299. The van der Waals surface area contributed by atoms with Crippen molar-refractivity contribution in [2.24, 2.45) is 0 Å². The first kappa shape index (κ1) is 14.4. The number of nitrogens with one attached hydrogen (secondary N) is 1. The third-order valence-electron chi connectivity index (χ3n) is 3.52. The van der Waals surface area contributed by atoms with Gasteiger partial charge in [0, 0.05) is 18.2 Å². The van der Waals surface area contributed by atoms with Crippen LogP contribution in [0.25, 0.3) is 0 Å². The molecule has 0 radical (unpaired) electrons. The number of hydrogen-bond donors (Lipinski definition) is 1. The highest BCUT2D eigenvalue weighted by Crippen LogP contribution is 2.23. The van der Waals surface area contributed by atoms with Crippen molar-refractivity contribution in [1.29, 1.82) is 0 Å². The molecule has 1 saturated carbocycles. The molecule has 0 amide bonds. The zero-order valence-electron chi connectivity index (χ0n) is 11.6. The summed E-state index contributed by atoms with van der Waals surface area (Å²) < 4.78 is 19.3. The van der Waals surface area contributed by atoms with Gasteiger partial charge in [-0.15, -0.1) is 0 Å². The van der Waals surface area contributed by atoms with Crippen molar-refractivity contribution in [3.8, 4) is 5.75 Å². The minimum absolute atomic E-state index is 0.130. The van der Waals surface area contributed by atoms with Gasteiger partial charge in [0.1, 0.15) is 18.2 Å². The van der Waals surface area contributed by atoms with E-state index in [-0.39, 0.29) is 12.4 Å². The second kappa shape index (κ2) is 6.46. The van der Waals surface area contributed by atoms with Crippen LogP contribution in [0.5, 0.6) is 5.75 Å². The lowest BCUT2D eigenvalue weighted by Gasteiger charge is -2.10. The predicted molar refractivity (Wildman–Crippen MR) is 82.0 cm³/mol. The van der Waals surface area contributed by atoms with Crippen LogP contribution in [-0.2, 0) is 13.2 Å². The van der Waals surface area contributed by atoms with Crippen molar-refractivity contribution in [3.05, 3.63) is 64.4 Å². The van der Waals surface area contributed by atoms with Crippen LogP contribution in [0.1, 0.15) is 24.0 Å². The van der Waals surface area contributed by atoms with E-state index in [9.17, 15) is 4.39 Å². The number of rotatable bonds is 6. The Morgan fingerprint density at radius 3 is 2.76 bits per heavy atom. The lowest BCUT2D eigenvalue weighted by Crippen LogP contribution is -2.15. The molecule has 2 nitrogen and oxygen atoms in total. The van der Waals surface area contributed by atoms with Gasteiger partial charge < -0.3 is 10.1 Å². The Hall–Kier alpha value is -1.58. The van der Waals surface area contributed by atoms with Crippen molar-refractivity contribution in [3.63, 3.8) is 0 Å². The van der Waals surface area contributed by atoms with Crippen LogP contribution in [0.4, 0.5) is 4.39 Å². The zero-order chi connectivity index (χ0) is 14.7. The fourth-order valence-corrected chi connectivity index (χ4v) is 2.34. The summed E-state index contributed by atoms with van der Waals surface area (Å²) in [6, 6.07) is 13.2.